The smallest absolute Gasteiger partial charge is 0.416 e. The van der Waals surface area contributed by atoms with Gasteiger partial charge in [-0.2, -0.15) is 0 Å². The summed E-state index contributed by atoms with van der Waals surface area (Å²) >= 11 is 6.01. The summed E-state index contributed by atoms with van der Waals surface area (Å²) < 4.78 is 1.24. The van der Waals surface area contributed by atoms with Crippen LogP contribution in [0.4, 0.5) is 4.79 Å². The van der Waals surface area contributed by atoms with Gasteiger partial charge in [0.2, 0.25) is 0 Å². The summed E-state index contributed by atoms with van der Waals surface area (Å²) in [5, 5.41) is 10.1. The summed E-state index contributed by atoms with van der Waals surface area (Å²) in [4.78, 5) is 20.6. The van der Waals surface area contributed by atoms with Crippen molar-refractivity contribution in [2.24, 2.45) is 0 Å². The molecule has 0 amide bonds. The molecule has 3 heterocycles. The molecule has 6 heteroatoms. The molecule has 0 atom stereocenters. The van der Waals surface area contributed by atoms with Crippen LogP contribution in [0.3, 0.4) is 0 Å². The maximum absolute atomic E-state index is 11.9. The standard InChI is InChI=1S/C17H16ClN3O2/c1-17(2,3)13-14-11(7-5-9-19-14)21(16(22)23)15(13)10-6-4-8-12(18)20-10/h4-9H,1-3H3,(H,22,23). The zero-order chi connectivity index (χ0) is 16.8. The van der Waals surface area contributed by atoms with Crippen molar-refractivity contribution in [3.8, 4) is 11.4 Å². The van der Waals surface area contributed by atoms with Crippen molar-refractivity contribution in [3.05, 3.63) is 47.2 Å². The maximum Gasteiger partial charge on any atom is 0.416 e. The van der Waals surface area contributed by atoms with Crippen LogP contribution in [0.25, 0.3) is 22.4 Å². The lowest BCUT2D eigenvalue weighted by Crippen LogP contribution is -2.16. The van der Waals surface area contributed by atoms with E-state index in [-0.39, 0.29) is 5.41 Å². The minimum atomic E-state index is -1.07. The van der Waals surface area contributed by atoms with E-state index in [0.29, 0.717) is 27.6 Å². The van der Waals surface area contributed by atoms with Gasteiger partial charge < -0.3 is 5.11 Å². The lowest BCUT2D eigenvalue weighted by Gasteiger charge is -2.20. The summed E-state index contributed by atoms with van der Waals surface area (Å²) in [6.07, 6.45) is 0.592. The molecule has 0 saturated heterocycles. The van der Waals surface area contributed by atoms with Crippen molar-refractivity contribution in [2.45, 2.75) is 26.2 Å². The molecule has 0 aromatic carbocycles. The second kappa shape index (κ2) is 5.35. The molecular weight excluding hydrogens is 314 g/mol. The van der Waals surface area contributed by atoms with E-state index in [1.807, 2.05) is 20.8 Å². The van der Waals surface area contributed by atoms with E-state index in [1.165, 1.54) is 4.57 Å². The molecule has 0 spiro atoms. The van der Waals surface area contributed by atoms with Crippen molar-refractivity contribution >= 4 is 28.7 Å². The Morgan fingerprint density at radius 3 is 2.57 bits per heavy atom. The van der Waals surface area contributed by atoms with Crippen LogP contribution in [0.2, 0.25) is 5.15 Å². The molecule has 0 aliphatic heterocycles. The third-order valence-corrected chi connectivity index (χ3v) is 3.83. The SMILES string of the molecule is CC(C)(C)c1c(-c2cccc(Cl)n2)n(C(=O)O)c2cccnc12. The molecule has 5 nitrogen and oxygen atoms in total. The van der Waals surface area contributed by atoms with Crippen LogP contribution in [0.1, 0.15) is 26.3 Å². The fourth-order valence-electron chi connectivity index (χ4n) is 2.81. The van der Waals surface area contributed by atoms with E-state index in [4.69, 9.17) is 11.6 Å². The molecule has 0 unspecified atom stereocenters. The predicted molar refractivity (Wildman–Crippen MR) is 90.1 cm³/mol. The van der Waals surface area contributed by atoms with Gasteiger partial charge in [0.1, 0.15) is 5.15 Å². The van der Waals surface area contributed by atoms with E-state index >= 15 is 0 Å². The first-order chi connectivity index (χ1) is 10.8. The van der Waals surface area contributed by atoms with Crippen molar-refractivity contribution in [1.29, 1.82) is 0 Å². The Morgan fingerprint density at radius 2 is 1.96 bits per heavy atom. The molecule has 0 bridgehead atoms. The predicted octanol–water partition coefficient (Wildman–Crippen LogP) is 4.58. The Morgan fingerprint density at radius 1 is 1.22 bits per heavy atom. The molecule has 0 radical (unpaired) electrons. The van der Waals surface area contributed by atoms with Gasteiger partial charge in [-0.25, -0.2) is 14.3 Å². The molecule has 3 aromatic heterocycles. The molecule has 3 aromatic rings. The van der Waals surface area contributed by atoms with Crippen LogP contribution < -0.4 is 0 Å². The van der Waals surface area contributed by atoms with Gasteiger partial charge in [-0.3, -0.25) is 4.98 Å². The van der Waals surface area contributed by atoms with Gasteiger partial charge in [0.15, 0.2) is 0 Å². The second-order valence-corrected chi connectivity index (χ2v) is 6.70. The van der Waals surface area contributed by atoms with Crippen LogP contribution in [0.15, 0.2) is 36.5 Å². The topological polar surface area (TPSA) is 68.0 Å². The largest absolute Gasteiger partial charge is 0.464 e. The van der Waals surface area contributed by atoms with Crippen LogP contribution in [-0.4, -0.2) is 25.7 Å². The van der Waals surface area contributed by atoms with Crippen LogP contribution in [-0.2, 0) is 5.41 Å². The van der Waals surface area contributed by atoms with E-state index in [0.717, 1.165) is 5.56 Å². The normalized spacial score (nSPS) is 11.8. The van der Waals surface area contributed by atoms with Gasteiger partial charge in [0.25, 0.3) is 0 Å². The average Bonchev–Trinajstić information content (AvgIpc) is 2.82. The molecule has 0 fully saturated rings. The number of rotatable bonds is 1. The summed E-state index contributed by atoms with van der Waals surface area (Å²) in [6.45, 7) is 6.07. The van der Waals surface area contributed by atoms with Crippen molar-refractivity contribution < 1.29 is 9.90 Å². The van der Waals surface area contributed by atoms with Gasteiger partial charge in [0, 0.05) is 11.8 Å². The number of fused-ring (bicyclic) bond motifs is 1. The van der Waals surface area contributed by atoms with Gasteiger partial charge in [-0.05, 0) is 29.7 Å². The molecule has 0 aliphatic rings. The lowest BCUT2D eigenvalue weighted by atomic mass is 9.85. The van der Waals surface area contributed by atoms with E-state index in [9.17, 15) is 9.90 Å². The maximum atomic E-state index is 11.9. The number of pyridine rings is 2. The molecule has 3 rings (SSSR count). The Hall–Kier alpha value is -2.40. The van der Waals surface area contributed by atoms with Gasteiger partial charge in [0.05, 0.1) is 22.4 Å². The molecule has 1 N–H and O–H groups in total. The Balaban J connectivity index is 2.52. The van der Waals surface area contributed by atoms with Crippen LogP contribution in [0.5, 0.6) is 0 Å². The molecule has 118 valence electrons. The van der Waals surface area contributed by atoms with E-state index in [1.54, 1.807) is 36.5 Å². The number of carboxylic acid groups (broad SMARTS) is 1. The van der Waals surface area contributed by atoms with Crippen molar-refractivity contribution in [2.75, 3.05) is 0 Å². The lowest BCUT2D eigenvalue weighted by molar-refractivity contribution is 0.198. The monoisotopic (exact) mass is 329 g/mol. The first-order valence-corrected chi connectivity index (χ1v) is 7.54. The fraction of sp³-hybridized carbons (Fsp3) is 0.235. The molecule has 0 saturated carbocycles. The minimum Gasteiger partial charge on any atom is -0.464 e. The quantitative estimate of drug-likeness (QED) is 0.664. The fourth-order valence-corrected chi connectivity index (χ4v) is 2.97. The van der Waals surface area contributed by atoms with Crippen LogP contribution >= 0.6 is 11.6 Å². The zero-order valence-electron chi connectivity index (χ0n) is 13.0. The Labute approximate surface area is 138 Å². The highest BCUT2D eigenvalue weighted by atomic mass is 35.5. The third kappa shape index (κ3) is 2.57. The highest BCUT2D eigenvalue weighted by Gasteiger charge is 2.30. The van der Waals surface area contributed by atoms with Crippen LogP contribution in [0, 0.1) is 0 Å². The third-order valence-electron chi connectivity index (χ3n) is 3.62. The first kappa shape index (κ1) is 15.5. The van der Waals surface area contributed by atoms with E-state index < -0.39 is 6.09 Å². The molecule has 23 heavy (non-hydrogen) atoms. The van der Waals surface area contributed by atoms with Gasteiger partial charge >= 0.3 is 6.09 Å². The van der Waals surface area contributed by atoms with Crippen molar-refractivity contribution in [1.82, 2.24) is 14.5 Å². The summed E-state index contributed by atoms with van der Waals surface area (Å²) in [6, 6.07) is 8.65. The van der Waals surface area contributed by atoms with E-state index in [2.05, 4.69) is 9.97 Å². The Bertz CT molecular complexity index is 910. The zero-order valence-corrected chi connectivity index (χ0v) is 13.8. The first-order valence-electron chi connectivity index (χ1n) is 7.17. The van der Waals surface area contributed by atoms with Gasteiger partial charge in [-0.15, -0.1) is 0 Å². The highest BCUT2D eigenvalue weighted by Crippen LogP contribution is 2.39. The van der Waals surface area contributed by atoms with Crippen molar-refractivity contribution in [3.63, 3.8) is 0 Å². The summed E-state index contributed by atoms with van der Waals surface area (Å²) in [5.41, 5.74) is 2.77. The number of halogens is 1. The number of hydrogen-bond acceptors (Lipinski definition) is 3. The molecule has 0 aliphatic carbocycles. The Kier molecular flexibility index (Phi) is 3.60. The number of carbonyl (C=O) groups is 1. The summed E-state index contributed by atoms with van der Waals surface area (Å²) in [7, 11) is 0. The molecular formula is C17H16ClN3O2. The number of nitrogens with zero attached hydrogens (tertiary/aromatic N) is 3. The number of hydrogen-bond donors (Lipinski definition) is 1. The second-order valence-electron chi connectivity index (χ2n) is 6.31. The average molecular weight is 330 g/mol. The highest BCUT2D eigenvalue weighted by molar-refractivity contribution is 6.29. The number of aromatic nitrogens is 3. The minimum absolute atomic E-state index is 0.313. The summed E-state index contributed by atoms with van der Waals surface area (Å²) in [5.74, 6) is 0. The van der Waals surface area contributed by atoms with Gasteiger partial charge in [-0.1, -0.05) is 38.4 Å².